The molecule has 0 fully saturated rings. The number of carbonyl (C=O) groups excluding carboxylic acids is 2. The summed E-state index contributed by atoms with van der Waals surface area (Å²) in [5.41, 5.74) is 0.789. The number of H-pyrrole nitrogens is 1. The molecule has 0 bridgehead atoms. The Balaban J connectivity index is 2.41. The summed E-state index contributed by atoms with van der Waals surface area (Å²) in [5, 5.41) is 0. The number of ketones is 1. The zero-order valence-corrected chi connectivity index (χ0v) is 11.6. The molecule has 1 N–H and O–H groups in total. The van der Waals surface area contributed by atoms with Gasteiger partial charge in [-0.05, 0) is 19.9 Å². The lowest BCUT2D eigenvalue weighted by Crippen LogP contribution is -2.31. The minimum atomic E-state index is -0.272. The SMILES string of the molecule is CCN(CC)C(=O)c1ccccc1C(=O)c1ncc[nH]1. The van der Waals surface area contributed by atoms with Crippen LogP contribution in [0, 0.1) is 0 Å². The summed E-state index contributed by atoms with van der Waals surface area (Å²) >= 11 is 0. The predicted molar refractivity (Wildman–Crippen MR) is 75.7 cm³/mol. The van der Waals surface area contributed by atoms with E-state index in [2.05, 4.69) is 9.97 Å². The van der Waals surface area contributed by atoms with Crippen LogP contribution in [0.25, 0.3) is 0 Å². The van der Waals surface area contributed by atoms with E-state index in [0.29, 0.717) is 24.2 Å². The van der Waals surface area contributed by atoms with Crippen LogP contribution in [0.1, 0.15) is 40.4 Å². The third-order valence-corrected chi connectivity index (χ3v) is 3.17. The van der Waals surface area contributed by atoms with Crippen molar-refractivity contribution in [3.05, 3.63) is 53.6 Å². The molecule has 1 aromatic carbocycles. The first-order valence-electron chi connectivity index (χ1n) is 6.61. The van der Waals surface area contributed by atoms with E-state index in [-0.39, 0.29) is 17.5 Å². The van der Waals surface area contributed by atoms with E-state index in [9.17, 15) is 9.59 Å². The van der Waals surface area contributed by atoms with E-state index < -0.39 is 0 Å². The Morgan fingerprint density at radius 2 is 1.80 bits per heavy atom. The zero-order valence-electron chi connectivity index (χ0n) is 11.6. The van der Waals surface area contributed by atoms with Gasteiger partial charge in [-0.25, -0.2) is 4.98 Å². The van der Waals surface area contributed by atoms with Gasteiger partial charge in [-0.3, -0.25) is 9.59 Å². The molecule has 1 aromatic heterocycles. The Morgan fingerprint density at radius 1 is 1.15 bits per heavy atom. The molecule has 1 heterocycles. The van der Waals surface area contributed by atoms with E-state index in [4.69, 9.17) is 0 Å². The Labute approximate surface area is 117 Å². The van der Waals surface area contributed by atoms with Crippen LogP contribution >= 0.6 is 0 Å². The maximum Gasteiger partial charge on any atom is 0.254 e. The number of amides is 1. The third kappa shape index (κ3) is 2.61. The van der Waals surface area contributed by atoms with Crippen molar-refractivity contribution in [1.29, 1.82) is 0 Å². The fourth-order valence-corrected chi connectivity index (χ4v) is 2.07. The van der Waals surface area contributed by atoms with Crippen LogP contribution in [0.2, 0.25) is 0 Å². The standard InChI is InChI=1S/C15H17N3O2/c1-3-18(4-2)15(20)12-8-6-5-7-11(12)13(19)14-16-9-10-17-14/h5-10H,3-4H2,1-2H3,(H,16,17). The number of imidazole rings is 1. The third-order valence-electron chi connectivity index (χ3n) is 3.17. The number of benzene rings is 1. The van der Waals surface area contributed by atoms with E-state index in [1.807, 2.05) is 13.8 Å². The number of nitrogens with one attached hydrogen (secondary N) is 1. The molecule has 2 aromatic rings. The Morgan fingerprint density at radius 3 is 2.35 bits per heavy atom. The summed E-state index contributed by atoms with van der Waals surface area (Å²) in [4.78, 5) is 33.2. The molecule has 0 spiro atoms. The quantitative estimate of drug-likeness (QED) is 0.847. The summed E-state index contributed by atoms with van der Waals surface area (Å²) in [5.74, 6) is -0.165. The highest BCUT2D eigenvalue weighted by Gasteiger charge is 2.21. The van der Waals surface area contributed by atoms with Gasteiger partial charge in [-0.1, -0.05) is 18.2 Å². The number of carbonyl (C=O) groups is 2. The van der Waals surface area contributed by atoms with Crippen LogP contribution in [0.4, 0.5) is 0 Å². The summed E-state index contributed by atoms with van der Waals surface area (Å²) in [7, 11) is 0. The van der Waals surface area contributed by atoms with Crippen LogP contribution in [0.5, 0.6) is 0 Å². The van der Waals surface area contributed by atoms with Crippen LogP contribution < -0.4 is 0 Å². The maximum absolute atomic E-state index is 12.4. The Kier molecular flexibility index (Phi) is 4.30. The predicted octanol–water partition coefficient (Wildman–Crippen LogP) is 2.12. The lowest BCUT2D eigenvalue weighted by Gasteiger charge is -2.19. The largest absolute Gasteiger partial charge is 0.342 e. The van der Waals surface area contributed by atoms with Crippen molar-refractivity contribution in [2.24, 2.45) is 0 Å². The molecule has 5 heteroatoms. The number of hydrogen-bond acceptors (Lipinski definition) is 3. The minimum absolute atomic E-state index is 0.134. The first-order chi connectivity index (χ1) is 9.69. The van der Waals surface area contributed by atoms with Gasteiger partial charge >= 0.3 is 0 Å². The lowest BCUT2D eigenvalue weighted by atomic mass is 10.0. The first-order valence-corrected chi connectivity index (χ1v) is 6.61. The normalized spacial score (nSPS) is 10.3. The second-order valence-corrected chi connectivity index (χ2v) is 4.29. The summed E-state index contributed by atoms with van der Waals surface area (Å²) in [6, 6.07) is 6.84. The maximum atomic E-state index is 12.4. The molecular weight excluding hydrogens is 254 g/mol. The molecule has 0 radical (unpaired) electrons. The number of rotatable bonds is 5. The van der Waals surface area contributed by atoms with Crippen molar-refractivity contribution in [1.82, 2.24) is 14.9 Å². The molecule has 0 aliphatic carbocycles. The second kappa shape index (κ2) is 6.14. The van der Waals surface area contributed by atoms with Crippen molar-refractivity contribution in [3.63, 3.8) is 0 Å². The van der Waals surface area contributed by atoms with Gasteiger partial charge < -0.3 is 9.88 Å². The van der Waals surface area contributed by atoms with Crippen molar-refractivity contribution < 1.29 is 9.59 Å². The van der Waals surface area contributed by atoms with E-state index in [1.165, 1.54) is 6.20 Å². The molecule has 1 amide bonds. The fraction of sp³-hybridized carbons (Fsp3) is 0.267. The molecule has 0 aliphatic heterocycles. The van der Waals surface area contributed by atoms with Gasteiger partial charge in [0.05, 0.1) is 5.56 Å². The highest BCUT2D eigenvalue weighted by atomic mass is 16.2. The number of nitrogens with zero attached hydrogens (tertiary/aromatic N) is 2. The van der Waals surface area contributed by atoms with Gasteiger partial charge in [0.15, 0.2) is 5.82 Å². The molecule has 0 atom stereocenters. The minimum Gasteiger partial charge on any atom is -0.342 e. The van der Waals surface area contributed by atoms with Gasteiger partial charge in [-0.2, -0.15) is 0 Å². The van der Waals surface area contributed by atoms with Gasteiger partial charge in [0.2, 0.25) is 5.78 Å². The average molecular weight is 271 g/mol. The lowest BCUT2D eigenvalue weighted by molar-refractivity contribution is 0.0768. The van der Waals surface area contributed by atoms with Crippen LogP contribution in [-0.4, -0.2) is 39.6 Å². The molecule has 0 unspecified atom stereocenters. The summed E-state index contributed by atoms with van der Waals surface area (Å²) in [6.07, 6.45) is 3.10. The number of aromatic nitrogens is 2. The average Bonchev–Trinajstić information content (AvgIpc) is 3.02. The van der Waals surface area contributed by atoms with Gasteiger partial charge in [0, 0.05) is 31.0 Å². The fourth-order valence-electron chi connectivity index (χ4n) is 2.07. The number of hydrogen-bond donors (Lipinski definition) is 1. The van der Waals surface area contributed by atoms with Crippen molar-refractivity contribution in [3.8, 4) is 0 Å². The van der Waals surface area contributed by atoms with Crippen LogP contribution in [-0.2, 0) is 0 Å². The molecule has 5 nitrogen and oxygen atoms in total. The van der Waals surface area contributed by atoms with Crippen molar-refractivity contribution >= 4 is 11.7 Å². The first kappa shape index (κ1) is 14.0. The number of aromatic amines is 1. The highest BCUT2D eigenvalue weighted by molar-refractivity contribution is 6.13. The molecule has 0 saturated heterocycles. The van der Waals surface area contributed by atoms with Gasteiger partial charge in [0.25, 0.3) is 5.91 Å². The molecular formula is C15H17N3O2. The van der Waals surface area contributed by atoms with Crippen molar-refractivity contribution in [2.45, 2.75) is 13.8 Å². The zero-order chi connectivity index (χ0) is 14.5. The van der Waals surface area contributed by atoms with Crippen molar-refractivity contribution in [2.75, 3.05) is 13.1 Å². The Bertz CT molecular complexity index is 601. The smallest absolute Gasteiger partial charge is 0.254 e. The second-order valence-electron chi connectivity index (χ2n) is 4.29. The molecule has 0 saturated carbocycles. The van der Waals surface area contributed by atoms with Crippen LogP contribution in [0.15, 0.2) is 36.7 Å². The van der Waals surface area contributed by atoms with E-state index in [1.54, 1.807) is 35.4 Å². The summed E-state index contributed by atoms with van der Waals surface area (Å²) in [6.45, 7) is 5.05. The molecule has 104 valence electrons. The summed E-state index contributed by atoms with van der Waals surface area (Å²) < 4.78 is 0. The van der Waals surface area contributed by atoms with Crippen LogP contribution in [0.3, 0.4) is 0 Å². The van der Waals surface area contributed by atoms with E-state index in [0.717, 1.165) is 0 Å². The molecule has 2 rings (SSSR count). The Hall–Kier alpha value is -2.43. The van der Waals surface area contributed by atoms with Gasteiger partial charge in [0.1, 0.15) is 0 Å². The molecule has 20 heavy (non-hydrogen) atoms. The topological polar surface area (TPSA) is 66.1 Å². The van der Waals surface area contributed by atoms with Gasteiger partial charge in [-0.15, -0.1) is 0 Å². The highest BCUT2D eigenvalue weighted by Crippen LogP contribution is 2.15. The monoisotopic (exact) mass is 271 g/mol. The van der Waals surface area contributed by atoms with E-state index >= 15 is 0 Å². The molecule has 0 aliphatic rings.